The standard InChI is InChI=1S/C74H54N4O4/c1-79-57-31-35-65-61(43-57)73(53-23-9-5-10-24-53,54-25-11-6-12-26-54)62-44-58(80-2)32-36-66(62)77(65)69-39-40-70(72(52-22-18-20-50(42-52)48-76)71(69)51-21-17-19-49(41-51)47-75)78-67-37-33-59(81-3)45-63(67)74(55-27-13-7-14-28-55,56-29-15-8-16-30-56)64-46-60(82-4)34-38-68(64)78/h5-46H,1-4H3. The van der Waals surface area contributed by atoms with Gasteiger partial charge < -0.3 is 28.7 Å². The maximum absolute atomic E-state index is 10.8. The number of nitrogens with zero attached hydrogens (tertiary/aromatic N) is 4. The molecule has 11 aromatic rings. The van der Waals surface area contributed by atoms with E-state index in [4.69, 9.17) is 18.9 Å². The summed E-state index contributed by atoms with van der Waals surface area (Å²) in [4.78, 5) is 4.71. The first kappa shape index (κ1) is 50.7. The van der Waals surface area contributed by atoms with Gasteiger partial charge >= 0.3 is 0 Å². The second kappa shape index (κ2) is 20.8. The molecule has 0 aliphatic carbocycles. The van der Waals surface area contributed by atoms with Gasteiger partial charge in [-0.1, -0.05) is 146 Å². The molecule has 0 atom stereocenters. The quantitative estimate of drug-likeness (QED) is 0.120. The van der Waals surface area contributed by atoms with E-state index in [0.717, 1.165) is 101 Å². The molecule has 11 aromatic carbocycles. The van der Waals surface area contributed by atoms with Gasteiger partial charge in [-0.3, -0.25) is 0 Å². The van der Waals surface area contributed by atoms with Crippen LogP contribution in [-0.2, 0) is 10.8 Å². The first-order chi connectivity index (χ1) is 40.4. The lowest BCUT2D eigenvalue weighted by atomic mass is 9.62. The maximum Gasteiger partial charge on any atom is 0.119 e. The van der Waals surface area contributed by atoms with Gasteiger partial charge in [-0.05, 0) is 165 Å². The second-order valence-corrected chi connectivity index (χ2v) is 20.4. The Balaban J connectivity index is 1.20. The van der Waals surface area contributed by atoms with Crippen LogP contribution in [0.4, 0.5) is 34.1 Å². The van der Waals surface area contributed by atoms with Crippen molar-refractivity contribution < 1.29 is 18.9 Å². The van der Waals surface area contributed by atoms with E-state index in [1.54, 1.807) is 28.4 Å². The van der Waals surface area contributed by atoms with Gasteiger partial charge in [0.25, 0.3) is 0 Å². The number of anilines is 6. The van der Waals surface area contributed by atoms with Gasteiger partial charge in [0.15, 0.2) is 0 Å². The summed E-state index contributed by atoms with van der Waals surface area (Å²) >= 11 is 0. The monoisotopic (exact) mass is 1060 g/mol. The van der Waals surface area contributed by atoms with E-state index in [0.29, 0.717) is 34.1 Å². The highest BCUT2D eigenvalue weighted by Gasteiger charge is 2.50. The molecule has 394 valence electrons. The number of hydrogen-bond donors (Lipinski definition) is 0. The van der Waals surface area contributed by atoms with Gasteiger partial charge in [0, 0.05) is 11.1 Å². The van der Waals surface area contributed by atoms with Crippen LogP contribution in [0.15, 0.2) is 255 Å². The van der Waals surface area contributed by atoms with E-state index in [-0.39, 0.29) is 0 Å². The van der Waals surface area contributed by atoms with Gasteiger partial charge in [0.05, 0.1) is 96.7 Å². The van der Waals surface area contributed by atoms with Crippen molar-refractivity contribution in [3.63, 3.8) is 0 Å². The number of rotatable bonds is 12. The van der Waals surface area contributed by atoms with Crippen LogP contribution in [0.1, 0.15) is 55.6 Å². The van der Waals surface area contributed by atoms with E-state index in [9.17, 15) is 10.5 Å². The topological polar surface area (TPSA) is 91.0 Å². The molecule has 2 aliphatic rings. The minimum Gasteiger partial charge on any atom is -0.497 e. The molecule has 0 unspecified atom stereocenters. The number of benzene rings is 11. The third kappa shape index (κ3) is 7.87. The second-order valence-electron chi connectivity index (χ2n) is 20.4. The molecule has 8 heteroatoms. The van der Waals surface area contributed by atoms with E-state index < -0.39 is 10.8 Å². The van der Waals surface area contributed by atoms with Crippen LogP contribution in [0.2, 0.25) is 0 Å². The first-order valence-corrected chi connectivity index (χ1v) is 27.1. The zero-order chi connectivity index (χ0) is 56.0. The lowest BCUT2D eigenvalue weighted by Gasteiger charge is -2.48. The third-order valence-corrected chi connectivity index (χ3v) is 16.4. The Morgan fingerprint density at radius 1 is 0.293 bits per heavy atom. The average Bonchev–Trinajstić information content (AvgIpc) is 1.73. The Morgan fingerprint density at radius 2 is 0.561 bits per heavy atom. The summed E-state index contributed by atoms with van der Waals surface area (Å²) in [5.41, 5.74) is 16.0. The minimum absolute atomic E-state index is 0.495. The van der Waals surface area contributed by atoms with Crippen molar-refractivity contribution in [3.8, 4) is 57.4 Å². The fourth-order valence-corrected chi connectivity index (χ4v) is 13.0. The number of methoxy groups -OCH3 is 4. The van der Waals surface area contributed by atoms with Crippen LogP contribution < -0.4 is 28.7 Å². The van der Waals surface area contributed by atoms with Crippen LogP contribution >= 0.6 is 0 Å². The zero-order valence-corrected chi connectivity index (χ0v) is 45.7. The molecule has 0 amide bonds. The first-order valence-electron chi connectivity index (χ1n) is 27.1. The third-order valence-electron chi connectivity index (χ3n) is 16.4. The van der Waals surface area contributed by atoms with E-state index in [2.05, 4.69) is 216 Å². The van der Waals surface area contributed by atoms with Crippen LogP contribution in [0.5, 0.6) is 23.0 Å². The predicted molar refractivity (Wildman–Crippen MR) is 326 cm³/mol. The van der Waals surface area contributed by atoms with Gasteiger partial charge in [-0.25, -0.2) is 0 Å². The molecule has 0 N–H and O–H groups in total. The lowest BCUT2D eigenvalue weighted by Crippen LogP contribution is -2.38. The highest BCUT2D eigenvalue weighted by molar-refractivity contribution is 6.07. The van der Waals surface area contributed by atoms with Crippen molar-refractivity contribution in [3.05, 3.63) is 310 Å². The molecule has 0 saturated heterocycles. The van der Waals surface area contributed by atoms with E-state index in [1.165, 1.54) is 0 Å². The van der Waals surface area contributed by atoms with Crippen LogP contribution in [-0.4, -0.2) is 28.4 Å². The lowest BCUT2D eigenvalue weighted by molar-refractivity contribution is 0.412. The predicted octanol–water partition coefficient (Wildman–Crippen LogP) is 17.1. The zero-order valence-electron chi connectivity index (χ0n) is 45.7. The van der Waals surface area contributed by atoms with Crippen molar-refractivity contribution in [2.24, 2.45) is 0 Å². The van der Waals surface area contributed by atoms with Gasteiger partial charge in [-0.2, -0.15) is 10.5 Å². The smallest absolute Gasteiger partial charge is 0.119 e. The largest absolute Gasteiger partial charge is 0.497 e. The van der Waals surface area contributed by atoms with Crippen molar-refractivity contribution in [1.29, 1.82) is 10.5 Å². The molecule has 0 aromatic heterocycles. The van der Waals surface area contributed by atoms with Crippen molar-refractivity contribution >= 4 is 34.1 Å². The normalized spacial score (nSPS) is 13.2. The molecule has 0 radical (unpaired) electrons. The maximum atomic E-state index is 10.8. The van der Waals surface area contributed by atoms with Crippen molar-refractivity contribution in [1.82, 2.24) is 0 Å². The highest BCUT2D eigenvalue weighted by Crippen LogP contribution is 2.64. The molecule has 13 rings (SSSR count). The molecule has 82 heavy (non-hydrogen) atoms. The molecular weight excluding hydrogens is 1010 g/mol. The Hall–Kier alpha value is -10.8. The summed E-state index contributed by atoms with van der Waals surface area (Å²) in [5.74, 6) is 2.80. The summed E-state index contributed by atoms with van der Waals surface area (Å²) in [6, 6.07) is 93.0. The van der Waals surface area contributed by atoms with Crippen LogP contribution in [0, 0.1) is 22.7 Å². The SMILES string of the molecule is COc1ccc2c(c1)C(c1ccccc1)(c1ccccc1)c1cc(OC)ccc1N2c1ccc(N2c3ccc(OC)cc3C(c3ccccc3)(c3ccccc3)c3cc(OC)ccc32)c(-c2cccc(C#N)c2)c1-c1cccc(C#N)c1. The van der Waals surface area contributed by atoms with Crippen LogP contribution in [0.3, 0.4) is 0 Å². The Labute approximate surface area is 478 Å². The van der Waals surface area contributed by atoms with Crippen molar-refractivity contribution in [2.75, 3.05) is 38.2 Å². The summed E-state index contributed by atoms with van der Waals surface area (Å²) in [6.45, 7) is 0. The van der Waals surface area contributed by atoms with Gasteiger partial charge in [0.2, 0.25) is 0 Å². The van der Waals surface area contributed by atoms with Gasteiger partial charge in [-0.15, -0.1) is 0 Å². The Morgan fingerprint density at radius 3 is 0.817 bits per heavy atom. The molecule has 0 bridgehead atoms. The number of nitriles is 2. The Kier molecular flexibility index (Phi) is 12.8. The molecule has 8 nitrogen and oxygen atoms in total. The fraction of sp³-hybridized carbons (Fsp3) is 0.0811. The fourth-order valence-electron chi connectivity index (χ4n) is 13.0. The molecular formula is C74H54N4O4. The summed E-state index contributed by atoms with van der Waals surface area (Å²) in [7, 11) is 6.83. The van der Waals surface area contributed by atoms with E-state index >= 15 is 0 Å². The summed E-state index contributed by atoms with van der Waals surface area (Å²) < 4.78 is 24.6. The van der Waals surface area contributed by atoms with Gasteiger partial charge in [0.1, 0.15) is 23.0 Å². The number of ether oxygens (including phenoxy) is 4. The average molecular weight is 1060 g/mol. The number of hydrogen-bond acceptors (Lipinski definition) is 8. The highest BCUT2D eigenvalue weighted by atomic mass is 16.5. The molecule has 0 fully saturated rings. The molecule has 0 spiro atoms. The Bertz CT molecular complexity index is 3850. The molecule has 0 saturated carbocycles. The number of fused-ring (bicyclic) bond motifs is 4. The van der Waals surface area contributed by atoms with Crippen LogP contribution in [0.25, 0.3) is 22.3 Å². The molecule has 2 aliphatic heterocycles. The summed E-state index contributed by atoms with van der Waals surface area (Å²) in [6.07, 6.45) is 0. The minimum atomic E-state index is -0.884. The van der Waals surface area contributed by atoms with E-state index in [1.807, 2.05) is 60.7 Å². The van der Waals surface area contributed by atoms with Crippen molar-refractivity contribution in [2.45, 2.75) is 10.8 Å². The molecule has 2 heterocycles. The summed E-state index contributed by atoms with van der Waals surface area (Å²) in [5, 5.41) is 21.5.